The molecule has 0 fully saturated rings. The number of benzene rings is 1. The molecule has 3 nitrogen and oxygen atoms in total. The van der Waals surface area contributed by atoms with Gasteiger partial charge in [0, 0.05) is 11.8 Å². The van der Waals surface area contributed by atoms with Crippen molar-refractivity contribution in [2.24, 2.45) is 0 Å². The van der Waals surface area contributed by atoms with E-state index < -0.39 is 0 Å². The summed E-state index contributed by atoms with van der Waals surface area (Å²) in [4.78, 5) is 7.88. The fourth-order valence-electron chi connectivity index (χ4n) is 1.70. The third kappa shape index (κ3) is 3.48. The van der Waals surface area contributed by atoms with Gasteiger partial charge in [-0.15, -0.1) is 0 Å². The largest absolute Gasteiger partial charge is 0.333 e. The summed E-state index contributed by atoms with van der Waals surface area (Å²) in [6, 6.07) is 8.76. The lowest BCUT2D eigenvalue weighted by atomic mass is 10.2. The fourth-order valence-corrected chi connectivity index (χ4v) is 2.55. The standard InChI is InChI=1S/C13H19N3S/c1-10(14-2)6-5-9-17-13-15-11-7-3-4-8-12(11)16-13/h3-4,7-8,10,14H,5-6,9H2,1-2H3,(H,15,16). The highest BCUT2D eigenvalue weighted by Gasteiger charge is 2.03. The quantitative estimate of drug-likeness (QED) is 0.610. The van der Waals surface area contributed by atoms with Crippen molar-refractivity contribution >= 4 is 22.8 Å². The van der Waals surface area contributed by atoms with Gasteiger partial charge in [-0.1, -0.05) is 23.9 Å². The van der Waals surface area contributed by atoms with E-state index in [9.17, 15) is 0 Å². The Balaban J connectivity index is 1.83. The number of imidazole rings is 1. The van der Waals surface area contributed by atoms with Gasteiger partial charge in [-0.05, 0) is 38.9 Å². The summed E-state index contributed by atoms with van der Waals surface area (Å²) in [5.41, 5.74) is 2.18. The Kier molecular flexibility index (Phi) is 4.45. The van der Waals surface area contributed by atoms with Crippen LogP contribution >= 0.6 is 11.8 Å². The predicted molar refractivity (Wildman–Crippen MR) is 74.6 cm³/mol. The van der Waals surface area contributed by atoms with Crippen LogP contribution in [0.15, 0.2) is 29.4 Å². The van der Waals surface area contributed by atoms with Crippen LogP contribution in [0.1, 0.15) is 19.8 Å². The van der Waals surface area contributed by atoms with Crippen LogP contribution in [-0.4, -0.2) is 28.8 Å². The molecule has 4 heteroatoms. The molecule has 0 bridgehead atoms. The first-order chi connectivity index (χ1) is 8.29. The zero-order valence-electron chi connectivity index (χ0n) is 10.4. The monoisotopic (exact) mass is 249 g/mol. The van der Waals surface area contributed by atoms with Crippen molar-refractivity contribution in [3.05, 3.63) is 24.3 Å². The van der Waals surface area contributed by atoms with Crippen LogP contribution in [-0.2, 0) is 0 Å². The van der Waals surface area contributed by atoms with Gasteiger partial charge >= 0.3 is 0 Å². The zero-order valence-corrected chi connectivity index (χ0v) is 11.2. The Bertz CT molecular complexity index is 433. The van der Waals surface area contributed by atoms with Crippen LogP contribution in [0.4, 0.5) is 0 Å². The Morgan fingerprint density at radius 1 is 1.41 bits per heavy atom. The van der Waals surface area contributed by atoms with E-state index in [0.29, 0.717) is 6.04 Å². The summed E-state index contributed by atoms with van der Waals surface area (Å²) >= 11 is 1.80. The minimum atomic E-state index is 0.603. The molecule has 1 aromatic carbocycles. The summed E-state index contributed by atoms with van der Waals surface area (Å²) in [5.74, 6) is 1.12. The predicted octanol–water partition coefficient (Wildman–Crippen LogP) is 3.04. The van der Waals surface area contributed by atoms with Crippen molar-refractivity contribution in [1.82, 2.24) is 15.3 Å². The number of nitrogens with zero attached hydrogens (tertiary/aromatic N) is 1. The van der Waals surface area contributed by atoms with Crippen molar-refractivity contribution in [1.29, 1.82) is 0 Å². The van der Waals surface area contributed by atoms with Gasteiger partial charge in [0.05, 0.1) is 11.0 Å². The van der Waals surface area contributed by atoms with E-state index in [1.54, 1.807) is 11.8 Å². The Labute approximate surface area is 106 Å². The maximum absolute atomic E-state index is 4.54. The second-order valence-corrected chi connectivity index (χ2v) is 5.32. The SMILES string of the molecule is CNC(C)CCCSc1nc2ccccc2[nH]1. The normalized spacial score (nSPS) is 13.1. The summed E-state index contributed by atoms with van der Waals surface area (Å²) in [6.45, 7) is 2.21. The maximum Gasteiger partial charge on any atom is 0.166 e. The third-order valence-electron chi connectivity index (χ3n) is 2.88. The van der Waals surface area contributed by atoms with Crippen LogP contribution in [0.25, 0.3) is 11.0 Å². The van der Waals surface area contributed by atoms with E-state index in [4.69, 9.17) is 0 Å². The number of aromatic nitrogens is 2. The van der Waals surface area contributed by atoms with Gasteiger partial charge in [-0.3, -0.25) is 0 Å². The van der Waals surface area contributed by atoms with Crippen molar-refractivity contribution in [3.63, 3.8) is 0 Å². The molecule has 2 rings (SSSR count). The van der Waals surface area contributed by atoms with Gasteiger partial charge in [0.2, 0.25) is 0 Å². The minimum Gasteiger partial charge on any atom is -0.333 e. The second kappa shape index (κ2) is 6.07. The number of nitrogens with one attached hydrogen (secondary N) is 2. The summed E-state index contributed by atoms with van der Waals surface area (Å²) in [6.07, 6.45) is 2.42. The summed E-state index contributed by atoms with van der Waals surface area (Å²) in [7, 11) is 2.01. The highest BCUT2D eigenvalue weighted by Crippen LogP contribution is 2.20. The van der Waals surface area contributed by atoms with Crippen LogP contribution in [0.2, 0.25) is 0 Å². The summed E-state index contributed by atoms with van der Waals surface area (Å²) in [5, 5.41) is 4.28. The molecule has 1 atom stereocenters. The van der Waals surface area contributed by atoms with Crippen LogP contribution in [0.3, 0.4) is 0 Å². The van der Waals surface area contributed by atoms with Crippen molar-refractivity contribution in [2.45, 2.75) is 31.0 Å². The van der Waals surface area contributed by atoms with Crippen molar-refractivity contribution < 1.29 is 0 Å². The van der Waals surface area contributed by atoms with E-state index in [1.807, 2.05) is 25.2 Å². The first-order valence-electron chi connectivity index (χ1n) is 6.04. The first-order valence-corrected chi connectivity index (χ1v) is 7.03. The van der Waals surface area contributed by atoms with Crippen molar-refractivity contribution in [2.75, 3.05) is 12.8 Å². The molecule has 2 aromatic rings. The van der Waals surface area contributed by atoms with E-state index >= 15 is 0 Å². The number of aromatic amines is 1. The average molecular weight is 249 g/mol. The molecule has 1 unspecified atom stereocenters. The van der Waals surface area contributed by atoms with Crippen LogP contribution in [0, 0.1) is 0 Å². The number of hydrogen-bond donors (Lipinski definition) is 2. The molecule has 2 N–H and O–H groups in total. The molecule has 92 valence electrons. The second-order valence-electron chi connectivity index (χ2n) is 4.24. The van der Waals surface area contributed by atoms with Gasteiger partial charge in [0.25, 0.3) is 0 Å². The van der Waals surface area contributed by atoms with E-state index in [0.717, 1.165) is 21.9 Å². The van der Waals surface area contributed by atoms with Gasteiger partial charge in [0.1, 0.15) is 0 Å². The lowest BCUT2D eigenvalue weighted by Gasteiger charge is -2.08. The maximum atomic E-state index is 4.54. The third-order valence-corrected chi connectivity index (χ3v) is 3.84. The number of H-pyrrole nitrogens is 1. The molecule has 0 spiro atoms. The Hall–Kier alpha value is -1.00. The van der Waals surface area contributed by atoms with Gasteiger partial charge < -0.3 is 10.3 Å². The molecular weight excluding hydrogens is 230 g/mol. The molecule has 0 aliphatic carbocycles. The van der Waals surface area contributed by atoms with Crippen molar-refractivity contribution in [3.8, 4) is 0 Å². The number of para-hydroxylation sites is 2. The van der Waals surface area contributed by atoms with E-state index in [2.05, 4.69) is 28.3 Å². The molecule has 17 heavy (non-hydrogen) atoms. The van der Waals surface area contributed by atoms with E-state index in [-0.39, 0.29) is 0 Å². The minimum absolute atomic E-state index is 0.603. The first kappa shape index (κ1) is 12.5. The zero-order chi connectivity index (χ0) is 12.1. The van der Waals surface area contributed by atoms with Crippen LogP contribution in [0.5, 0.6) is 0 Å². The molecule has 0 aliphatic heterocycles. The number of hydrogen-bond acceptors (Lipinski definition) is 3. The molecule has 0 saturated carbocycles. The highest BCUT2D eigenvalue weighted by molar-refractivity contribution is 7.99. The average Bonchev–Trinajstić information content (AvgIpc) is 2.76. The molecule has 1 heterocycles. The number of fused-ring (bicyclic) bond motifs is 1. The molecule has 0 amide bonds. The smallest absolute Gasteiger partial charge is 0.166 e. The lowest BCUT2D eigenvalue weighted by molar-refractivity contribution is 0.559. The Morgan fingerprint density at radius 3 is 3.00 bits per heavy atom. The highest BCUT2D eigenvalue weighted by atomic mass is 32.2. The topological polar surface area (TPSA) is 40.7 Å². The molecular formula is C13H19N3S. The van der Waals surface area contributed by atoms with Gasteiger partial charge in [-0.25, -0.2) is 4.98 Å². The molecule has 1 aromatic heterocycles. The Morgan fingerprint density at radius 2 is 2.24 bits per heavy atom. The van der Waals surface area contributed by atoms with Crippen LogP contribution < -0.4 is 5.32 Å². The van der Waals surface area contributed by atoms with Gasteiger partial charge in [-0.2, -0.15) is 0 Å². The molecule has 0 aliphatic rings. The fraction of sp³-hybridized carbons (Fsp3) is 0.462. The van der Waals surface area contributed by atoms with E-state index in [1.165, 1.54) is 12.8 Å². The molecule has 0 saturated heterocycles. The lowest BCUT2D eigenvalue weighted by Crippen LogP contribution is -2.20. The number of thioether (sulfide) groups is 1. The summed E-state index contributed by atoms with van der Waals surface area (Å²) < 4.78 is 0. The van der Waals surface area contributed by atoms with Gasteiger partial charge in [0.15, 0.2) is 5.16 Å². The number of rotatable bonds is 6. The molecule has 0 radical (unpaired) electrons.